The second-order valence-electron chi connectivity index (χ2n) is 6.95. The molecule has 5 atom stereocenters. The summed E-state index contributed by atoms with van der Waals surface area (Å²) < 4.78 is 9.66. The Morgan fingerprint density at radius 2 is 1.50 bits per heavy atom. The monoisotopic (exact) mass is 378 g/mol. The first-order valence-electron chi connectivity index (χ1n) is 9.62. The van der Waals surface area contributed by atoms with E-state index in [1.165, 1.54) is 32.1 Å². The van der Waals surface area contributed by atoms with Crippen LogP contribution >= 0.6 is 0 Å². The molecule has 1 aliphatic rings. The molecule has 0 aromatic carbocycles. The van der Waals surface area contributed by atoms with Crippen LogP contribution < -0.4 is 0 Å². The van der Waals surface area contributed by atoms with Crippen molar-refractivity contribution in [3.05, 3.63) is 0 Å². The largest absolute Gasteiger partial charge is 0.406 e. The Kier molecular flexibility index (Phi) is 10.6. The van der Waals surface area contributed by atoms with Gasteiger partial charge < -0.3 is 35.0 Å². The van der Waals surface area contributed by atoms with Gasteiger partial charge in [-0.05, 0) is 6.42 Å². The number of hydrogen-bond donors (Lipinski definition) is 5. The standard InChI is InChI=1S/C18H34O8/c1-2-3-4-5-6-7-8-9-10-11-14(20)26-18(24)17(23)16(22)15(21)13(12-19)25-18/h13,15-17,19,21-24H,2-12H2,1H3. The van der Waals surface area contributed by atoms with Crippen LogP contribution in [0, 0.1) is 0 Å². The van der Waals surface area contributed by atoms with Crippen molar-refractivity contribution < 1.29 is 39.8 Å². The first-order valence-corrected chi connectivity index (χ1v) is 9.62. The Morgan fingerprint density at radius 3 is 2.04 bits per heavy atom. The van der Waals surface area contributed by atoms with Crippen LogP contribution in [0.4, 0.5) is 0 Å². The van der Waals surface area contributed by atoms with E-state index in [0.29, 0.717) is 6.42 Å². The number of aliphatic hydroxyl groups is 5. The first-order chi connectivity index (χ1) is 12.4. The van der Waals surface area contributed by atoms with Gasteiger partial charge in [0.2, 0.25) is 0 Å². The van der Waals surface area contributed by atoms with Gasteiger partial charge in [-0.2, -0.15) is 0 Å². The molecule has 5 unspecified atom stereocenters. The maximum absolute atomic E-state index is 11.9. The lowest BCUT2D eigenvalue weighted by Gasteiger charge is -2.43. The molecule has 1 aliphatic heterocycles. The topological polar surface area (TPSA) is 137 Å². The third kappa shape index (κ3) is 7.09. The van der Waals surface area contributed by atoms with Crippen LogP contribution in [-0.4, -0.2) is 68.5 Å². The number of hydrogen-bond acceptors (Lipinski definition) is 8. The summed E-state index contributed by atoms with van der Waals surface area (Å²) >= 11 is 0. The van der Waals surface area contributed by atoms with Crippen LogP contribution in [0.2, 0.25) is 0 Å². The van der Waals surface area contributed by atoms with Crippen molar-refractivity contribution in [3.63, 3.8) is 0 Å². The Hall–Kier alpha value is -0.770. The van der Waals surface area contributed by atoms with E-state index in [2.05, 4.69) is 6.92 Å². The predicted octanol–water partition coefficient (Wildman–Crippen LogP) is 0.570. The lowest BCUT2D eigenvalue weighted by molar-refractivity contribution is -0.434. The fourth-order valence-corrected chi connectivity index (χ4v) is 3.00. The molecule has 5 N–H and O–H groups in total. The maximum atomic E-state index is 11.9. The summed E-state index contributed by atoms with van der Waals surface area (Å²) in [5.74, 6) is -3.57. The van der Waals surface area contributed by atoms with Gasteiger partial charge in [0.15, 0.2) is 6.10 Å². The van der Waals surface area contributed by atoms with Gasteiger partial charge in [0.05, 0.1) is 6.61 Å². The van der Waals surface area contributed by atoms with E-state index in [0.717, 1.165) is 19.3 Å². The van der Waals surface area contributed by atoms with E-state index in [1.54, 1.807) is 0 Å². The fourth-order valence-electron chi connectivity index (χ4n) is 3.00. The summed E-state index contributed by atoms with van der Waals surface area (Å²) in [5.41, 5.74) is 0. The Balaban J connectivity index is 2.27. The van der Waals surface area contributed by atoms with Gasteiger partial charge in [-0.25, -0.2) is 0 Å². The molecule has 0 spiro atoms. The molecule has 8 nitrogen and oxygen atoms in total. The lowest BCUT2D eigenvalue weighted by Crippen LogP contribution is -2.66. The number of carbonyl (C=O) groups is 1. The molecule has 0 bridgehead atoms. The molecule has 0 aromatic heterocycles. The van der Waals surface area contributed by atoms with E-state index in [9.17, 15) is 25.2 Å². The van der Waals surface area contributed by atoms with Gasteiger partial charge in [-0.1, -0.05) is 58.3 Å². The third-order valence-corrected chi connectivity index (χ3v) is 4.67. The zero-order chi connectivity index (χ0) is 19.6. The minimum absolute atomic E-state index is 0.0384. The normalized spacial score (nSPS) is 31.8. The second kappa shape index (κ2) is 11.8. The zero-order valence-corrected chi connectivity index (χ0v) is 15.5. The average molecular weight is 378 g/mol. The molecular formula is C18H34O8. The lowest BCUT2D eigenvalue weighted by atomic mass is 9.98. The molecule has 1 fully saturated rings. The van der Waals surface area contributed by atoms with Crippen molar-refractivity contribution >= 4 is 5.97 Å². The molecule has 0 aliphatic carbocycles. The molecule has 8 heteroatoms. The van der Waals surface area contributed by atoms with Crippen molar-refractivity contribution in [2.75, 3.05) is 6.61 Å². The first kappa shape index (κ1) is 23.3. The molecular weight excluding hydrogens is 344 g/mol. The summed E-state index contributed by atoms with van der Waals surface area (Å²) in [6.45, 7) is 1.46. The van der Waals surface area contributed by atoms with Crippen LogP contribution in [0.25, 0.3) is 0 Å². The number of carbonyl (C=O) groups excluding carboxylic acids is 1. The van der Waals surface area contributed by atoms with Gasteiger partial charge in [0, 0.05) is 6.42 Å². The molecule has 154 valence electrons. The van der Waals surface area contributed by atoms with Crippen LogP contribution in [0.3, 0.4) is 0 Å². The van der Waals surface area contributed by atoms with Crippen molar-refractivity contribution in [3.8, 4) is 0 Å². The molecule has 1 rings (SSSR count). The SMILES string of the molecule is CCCCCCCCCCCC(=O)OC1(O)OC(CO)C(O)C(O)C1O. The van der Waals surface area contributed by atoms with E-state index in [1.807, 2.05) is 0 Å². The smallest absolute Gasteiger partial charge is 0.357 e. The van der Waals surface area contributed by atoms with E-state index < -0.39 is 43.0 Å². The predicted molar refractivity (Wildman–Crippen MR) is 92.9 cm³/mol. The van der Waals surface area contributed by atoms with Gasteiger partial charge in [-0.3, -0.25) is 4.79 Å². The zero-order valence-electron chi connectivity index (χ0n) is 15.5. The number of aliphatic hydroxyl groups excluding tert-OH is 4. The van der Waals surface area contributed by atoms with Crippen molar-refractivity contribution in [1.29, 1.82) is 0 Å². The minimum atomic E-state index is -2.79. The summed E-state index contributed by atoms with van der Waals surface area (Å²) in [4.78, 5) is 11.9. The summed E-state index contributed by atoms with van der Waals surface area (Å²) in [6, 6.07) is 0. The van der Waals surface area contributed by atoms with E-state index >= 15 is 0 Å². The molecule has 0 amide bonds. The van der Waals surface area contributed by atoms with Gasteiger partial charge in [-0.15, -0.1) is 0 Å². The Labute approximate surface area is 154 Å². The maximum Gasteiger partial charge on any atom is 0.357 e. The third-order valence-electron chi connectivity index (χ3n) is 4.67. The Morgan fingerprint density at radius 1 is 0.962 bits per heavy atom. The number of ether oxygens (including phenoxy) is 2. The van der Waals surface area contributed by atoms with Gasteiger partial charge in [0.25, 0.3) is 0 Å². The quantitative estimate of drug-likeness (QED) is 0.189. The minimum Gasteiger partial charge on any atom is -0.406 e. The van der Waals surface area contributed by atoms with E-state index in [4.69, 9.17) is 14.6 Å². The van der Waals surface area contributed by atoms with Crippen molar-refractivity contribution in [2.24, 2.45) is 0 Å². The van der Waals surface area contributed by atoms with Gasteiger partial charge in [0.1, 0.15) is 18.3 Å². The highest BCUT2D eigenvalue weighted by Crippen LogP contribution is 2.29. The molecule has 0 saturated carbocycles. The van der Waals surface area contributed by atoms with Crippen LogP contribution in [-0.2, 0) is 14.3 Å². The van der Waals surface area contributed by atoms with Crippen molar-refractivity contribution in [2.45, 2.75) is 102 Å². The highest BCUT2D eigenvalue weighted by Gasteiger charge is 2.55. The van der Waals surface area contributed by atoms with Crippen LogP contribution in [0.1, 0.15) is 71.1 Å². The average Bonchev–Trinajstić information content (AvgIpc) is 2.62. The second-order valence-corrected chi connectivity index (χ2v) is 6.95. The molecule has 26 heavy (non-hydrogen) atoms. The van der Waals surface area contributed by atoms with Crippen LogP contribution in [0.15, 0.2) is 0 Å². The fraction of sp³-hybridized carbons (Fsp3) is 0.944. The van der Waals surface area contributed by atoms with Gasteiger partial charge >= 0.3 is 11.9 Å². The van der Waals surface area contributed by atoms with Crippen LogP contribution in [0.5, 0.6) is 0 Å². The summed E-state index contributed by atoms with van der Waals surface area (Å²) in [5, 5.41) is 48.4. The molecule has 0 aromatic rings. The Bertz CT molecular complexity index is 403. The van der Waals surface area contributed by atoms with E-state index in [-0.39, 0.29) is 6.42 Å². The van der Waals surface area contributed by atoms with Crippen molar-refractivity contribution in [1.82, 2.24) is 0 Å². The molecule has 1 heterocycles. The summed E-state index contributed by atoms with van der Waals surface area (Å²) in [6.07, 6.45) is 2.95. The molecule has 1 saturated heterocycles. The highest BCUT2D eigenvalue weighted by molar-refractivity contribution is 5.69. The number of unbranched alkanes of at least 4 members (excludes halogenated alkanes) is 8. The summed E-state index contributed by atoms with van der Waals surface area (Å²) in [7, 11) is 0. The molecule has 0 radical (unpaired) electrons. The highest BCUT2D eigenvalue weighted by atomic mass is 16.8. The number of esters is 1. The number of rotatable bonds is 12.